The Morgan fingerprint density at radius 3 is 2.50 bits per heavy atom. The van der Waals surface area contributed by atoms with Crippen LogP contribution < -0.4 is 5.32 Å². The molecule has 0 saturated carbocycles. The van der Waals surface area contributed by atoms with Gasteiger partial charge in [0.2, 0.25) is 0 Å². The molecule has 78 valence electrons. The van der Waals surface area contributed by atoms with Crippen molar-refractivity contribution in [2.75, 3.05) is 11.9 Å². The van der Waals surface area contributed by atoms with E-state index in [0.717, 1.165) is 12.2 Å². The number of benzene rings is 1. The minimum Gasteiger partial charge on any atom is -0.384 e. The van der Waals surface area contributed by atoms with Gasteiger partial charge in [-0.2, -0.15) is 0 Å². The van der Waals surface area contributed by atoms with Gasteiger partial charge in [0.25, 0.3) is 0 Å². The van der Waals surface area contributed by atoms with Crippen molar-refractivity contribution in [1.29, 1.82) is 0 Å². The lowest BCUT2D eigenvalue weighted by atomic mass is 9.97. The molecule has 0 fully saturated rings. The molecule has 1 aromatic carbocycles. The molecule has 0 unspecified atom stereocenters. The second-order valence-corrected chi connectivity index (χ2v) is 4.95. The van der Waals surface area contributed by atoms with Crippen LogP contribution in [0.1, 0.15) is 20.8 Å². The normalized spacial score (nSPS) is 11.5. The molecule has 0 aliphatic heterocycles. The summed E-state index contributed by atoms with van der Waals surface area (Å²) in [6.07, 6.45) is 0. The van der Waals surface area contributed by atoms with Crippen LogP contribution in [0.15, 0.2) is 18.2 Å². The highest BCUT2D eigenvalue weighted by Gasteiger charge is 2.09. The second-order valence-electron chi connectivity index (χ2n) is 4.54. The van der Waals surface area contributed by atoms with Crippen LogP contribution in [0.25, 0.3) is 0 Å². The van der Waals surface area contributed by atoms with E-state index >= 15 is 0 Å². The molecular formula is C11H15ClFN. The zero-order valence-corrected chi connectivity index (χ0v) is 9.45. The maximum absolute atomic E-state index is 13.0. The molecule has 1 aromatic rings. The van der Waals surface area contributed by atoms with Crippen LogP contribution >= 0.6 is 11.6 Å². The van der Waals surface area contributed by atoms with E-state index in [9.17, 15) is 4.39 Å². The minimum absolute atomic E-state index is 0.159. The van der Waals surface area contributed by atoms with Crippen LogP contribution in [0.4, 0.5) is 10.1 Å². The monoisotopic (exact) mass is 215 g/mol. The summed E-state index contributed by atoms with van der Waals surface area (Å²) >= 11 is 5.57. The molecule has 0 aliphatic rings. The lowest BCUT2D eigenvalue weighted by molar-refractivity contribution is 0.443. The maximum atomic E-state index is 13.0. The van der Waals surface area contributed by atoms with Crippen LogP contribution in [0.5, 0.6) is 0 Å². The van der Waals surface area contributed by atoms with Crippen LogP contribution in [-0.2, 0) is 0 Å². The molecular weight excluding hydrogens is 201 g/mol. The molecule has 1 N–H and O–H groups in total. The third kappa shape index (κ3) is 3.54. The Kier molecular flexibility index (Phi) is 3.38. The van der Waals surface area contributed by atoms with Gasteiger partial charge >= 0.3 is 0 Å². The van der Waals surface area contributed by atoms with E-state index in [0.29, 0.717) is 0 Å². The first kappa shape index (κ1) is 11.3. The molecule has 0 saturated heterocycles. The highest BCUT2D eigenvalue weighted by Crippen LogP contribution is 2.20. The van der Waals surface area contributed by atoms with Gasteiger partial charge in [-0.3, -0.25) is 0 Å². The van der Waals surface area contributed by atoms with E-state index in [1.807, 2.05) is 0 Å². The van der Waals surface area contributed by atoms with Crippen LogP contribution in [0.2, 0.25) is 5.02 Å². The zero-order chi connectivity index (χ0) is 10.8. The molecule has 1 nitrogen and oxygen atoms in total. The molecule has 14 heavy (non-hydrogen) atoms. The molecule has 0 radical (unpaired) electrons. The van der Waals surface area contributed by atoms with Crippen molar-refractivity contribution in [3.05, 3.63) is 29.0 Å². The van der Waals surface area contributed by atoms with Gasteiger partial charge in [0.1, 0.15) is 5.82 Å². The zero-order valence-electron chi connectivity index (χ0n) is 8.70. The third-order valence-corrected chi connectivity index (χ3v) is 2.05. The first-order chi connectivity index (χ1) is 6.38. The highest BCUT2D eigenvalue weighted by molar-refractivity contribution is 6.30. The average Bonchev–Trinajstić information content (AvgIpc) is 2.06. The number of hydrogen-bond donors (Lipinski definition) is 1. The summed E-state index contributed by atoms with van der Waals surface area (Å²) in [6, 6.07) is 4.74. The Labute approximate surface area is 89.3 Å². The molecule has 3 heteroatoms. The van der Waals surface area contributed by atoms with Crippen LogP contribution in [0, 0.1) is 11.2 Å². The average molecular weight is 216 g/mol. The summed E-state index contributed by atoms with van der Waals surface area (Å²) in [7, 11) is 0. The smallest absolute Gasteiger partial charge is 0.143 e. The largest absolute Gasteiger partial charge is 0.384 e. The lowest BCUT2D eigenvalue weighted by Crippen LogP contribution is -2.18. The maximum Gasteiger partial charge on any atom is 0.143 e. The highest BCUT2D eigenvalue weighted by atomic mass is 35.5. The standard InChI is InChI=1S/C11H15ClFN/c1-11(2,3)7-14-8-4-5-9(12)10(13)6-8/h4-6,14H,7H2,1-3H3. The summed E-state index contributed by atoms with van der Waals surface area (Å²) in [5.41, 5.74) is 0.942. The van der Waals surface area contributed by atoms with Gasteiger partial charge in [-0.05, 0) is 23.6 Å². The van der Waals surface area contributed by atoms with Crippen molar-refractivity contribution in [1.82, 2.24) is 0 Å². The SMILES string of the molecule is CC(C)(C)CNc1ccc(Cl)c(F)c1. The van der Waals surface area contributed by atoms with Crippen molar-refractivity contribution >= 4 is 17.3 Å². The first-order valence-corrected chi connectivity index (χ1v) is 4.95. The Bertz CT molecular complexity index is 318. The lowest BCUT2D eigenvalue weighted by Gasteiger charge is -2.19. The first-order valence-electron chi connectivity index (χ1n) is 4.57. The number of nitrogens with one attached hydrogen (secondary N) is 1. The van der Waals surface area contributed by atoms with Crippen molar-refractivity contribution < 1.29 is 4.39 Å². The molecule has 0 aliphatic carbocycles. The number of rotatable bonds is 2. The van der Waals surface area contributed by atoms with E-state index in [1.165, 1.54) is 6.07 Å². The number of anilines is 1. The molecule has 1 rings (SSSR count). The van der Waals surface area contributed by atoms with Crippen LogP contribution in [0.3, 0.4) is 0 Å². The molecule has 0 spiro atoms. The Morgan fingerprint density at radius 2 is 2.00 bits per heavy atom. The Balaban J connectivity index is 2.65. The number of hydrogen-bond acceptors (Lipinski definition) is 1. The van der Waals surface area contributed by atoms with Gasteiger partial charge < -0.3 is 5.32 Å². The van der Waals surface area contributed by atoms with Crippen molar-refractivity contribution in [2.45, 2.75) is 20.8 Å². The summed E-state index contributed by atoms with van der Waals surface area (Å²) in [5, 5.41) is 3.31. The van der Waals surface area contributed by atoms with Crippen LogP contribution in [-0.4, -0.2) is 6.54 Å². The fourth-order valence-corrected chi connectivity index (χ4v) is 1.09. The minimum atomic E-state index is -0.384. The second kappa shape index (κ2) is 4.18. The van der Waals surface area contributed by atoms with Gasteiger partial charge in [-0.1, -0.05) is 32.4 Å². The fraction of sp³-hybridized carbons (Fsp3) is 0.455. The van der Waals surface area contributed by atoms with Gasteiger partial charge in [0, 0.05) is 12.2 Å². The fourth-order valence-electron chi connectivity index (χ4n) is 0.973. The summed E-state index contributed by atoms with van der Waals surface area (Å²) in [5.74, 6) is -0.384. The number of halogens is 2. The molecule has 0 heterocycles. The Morgan fingerprint density at radius 1 is 1.36 bits per heavy atom. The van der Waals surface area contributed by atoms with Crippen molar-refractivity contribution in [3.8, 4) is 0 Å². The quantitative estimate of drug-likeness (QED) is 0.788. The van der Waals surface area contributed by atoms with E-state index in [1.54, 1.807) is 12.1 Å². The third-order valence-electron chi connectivity index (χ3n) is 1.74. The van der Waals surface area contributed by atoms with Crippen molar-refractivity contribution in [2.24, 2.45) is 5.41 Å². The van der Waals surface area contributed by atoms with E-state index in [2.05, 4.69) is 26.1 Å². The topological polar surface area (TPSA) is 12.0 Å². The van der Waals surface area contributed by atoms with Gasteiger partial charge in [-0.25, -0.2) is 4.39 Å². The molecule has 0 atom stereocenters. The van der Waals surface area contributed by atoms with E-state index < -0.39 is 0 Å². The van der Waals surface area contributed by atoms with Gasteiger partial charge in [-0.15, -0.1) is 0 Å². The Hall–Kier alpha value is -0.760. The molecule has 0 aromatic heterocycles. The molecule has 0 bridgehead atoms. The van der Waals surface area contributed by atoms with Gasteiger partial charge in [0.15, 0.2) is 0 Å². The summed E-state index contributed by atoms with van der Waals surface area (Å²) < 4.78 is 13.0. The molecule has 0 amide bonds. The van der Waals surface area contributed by atoms with E-state index in [4.69, 9.17) is 11.6 Å². The predicted molar refractivity (Wildman–Crippen MR) is 59.4 cm³/mol. The van der Waals surface area contributed by atoms with E-state index in [-0.39, 0.29) is 16.3 Å². The summed E-state index contributed by atoms with van der Waals surface area (Å²) in [4.78, 5) is 0. The predicted octanol–water partition coefficient (Wildman–Crippen LogP) is 3.94. The summed E-state index contributed by atoms with van der Waals surface area (Å²) in [6.45, 7) is 7.15. The van der Waals surface area contributed by atoms with Crippen molar-refractivity contribution in [3.63, 3.8) is 0 Å². The van der Waals surface area contributed by atoms with Gasteiger partial charge in [0.05, 0.1) is 5.02 Å².